The number of halogens is 3. The molecule has 3 nitrogen and oxygen atoms in total. The number of hydrogen-bond donors (Lipinski definition) is 1. The third-order valence-corrected chi connectivity index (χ3v) is 5.23. The van der Waals surface area contributed by atoms with Crippen molar-refractivity contribution in [3.63, 3.8) is 0 Å². The van der Waals surface area contributed by atoms with Gasteiger partial charge in [-0.3, -0.25) is 0 Å². The summed E-state index contributed by atoms with van der Waals surface area (Å²) in [5, 5.41) is 5.25. The Kier molecular flexibility index (Phi) is 7.54. The third kappa shape index (κ3) is 5.96. The van der Waals surface area contributed by atoms with Gasteiger partial charge in [-0.05, 0) is 66.9 Å². The van der Waals surface area contributed by atoms with Gasteiger partial charge in [0.2, 0.25) is 0 Å². The molecule has 1 N–H and O–H groups in total. The van der Waals surface area contributed by atoms with E-state index < -0.39 is 0 Å². The largest absolute Gasteiger partial charge is 0.490 e. The zero-order chi connectivity index (χ0) is 20.8. The summed E-state index contributed by atoms with van der Waals surface area (Å²) in [6.45, 7) is 5.33. The van der Waals surface area contributed by atoms with Crippen LogP contribution in [0.3, 0.4) is 0 Å². The van der Waals surface area contributed by atoms with Crippen LogP contribution in [-0.2, 0) is 13.2 Å². The fourth-order valence-electron chi connectivity index (χ4n) is 2.82. The summed E-state index contributed by atoms with van der Waals surface area (Å²) in [4.78, 5) is 0. The lowest BCUT2D eigenvalue weighted by molar-refractivity contribution is 0.269. The van der Waals surface area contributed by atoms with Crippen LogP contribution in [0, 0.1) is 6.92 Å². The molecular formula is C23H22Cl3NO2. The second kappa shape index (κ2) is 10.1. The van der Waals surface area contributed by atoms with E-state index in [0.29, 0.717) is 41.3 Å². The molecule has 0 aliphatic rings. The van der Waals surface area contributed by atoms with Gasteiger partial charge in [-0.25, -0.2) is 0 Å². The highest BCUT2D eigenvalue weighted by Gasteiger charge is 2.13. The number of hydrogen-bond acceptors (Lipinski definition) is 3. The van der Waals surface area contributed by atoms with Crippen molar-refractivity contribution in [2.45, 2.75) is 27.0 Å². The van der Waals surface area contributed by atoms with Crippen molar-refractivity contribution in [2.75, 3.05) is 11.9 Å². The summed E-state index contributed by atoms with van der Waals surface area (Å²) in [6, 6.07) is 17.2. The van der Waals surface area contributed by atoms with Crippen LogP contribution >= 0.6 is 34.8 Å². The van der Waals surface area contributed by atoms with Crippen molar-refractivity contribution in [1.82, 2.24) is 0 Å². The van der Waals surface area contributed by atoms with Crippen LogP contribution in [0.4, 0.5) is 5.69 Å². The van der Waals surface area contributed by atoms with E-state index >= 15 is 0 Å². The molecule has 3 aromatic carbocycles. The number of ether oxygens (including phenoxy) is 2. The number of nitrogens with one attached hydrogen (secondary N) is 1. The van der Waals surface area contributed by atoms with Gasteiger partial charge in [0, 0.05) is 22.3 Å². The average Bonchev–Trinajstić information content (AvgIpc) is 2.68. The topological polar surface area (TPSA) is 30.5 Å². The number of benzene rings is 3. The summed E-state index contributed by atoms with van der Waals surface area (Å²) in [5.41, 5.74) is 3.92. The van der Waals surface area contributed by atoms with Crippen molar-refractivity contribution in [2.24, 2.45) is 0 Å². The van der Waals surface area contributed by atoms with Crippen LogP contribution in [0.15, 0.2) is 54.6 Å². The van der Waals surface area contributed by atoms with Crippen molar-refractivity contribution in [3.05, 3.63) is 86.4 Å². The molecule has 0 heterocycles. The number of aryl methyl sites for hydroxylation is 1. The molecular weight excluding hydrogens is 429 g/mol. The van der Waals surface area contributed by atoms with Gasteiger partial charge in [0.25, 0.3) is 0 Å². The summed E-state index contributed by atoms with van der Waals surface area (Å²) < 4.78 is 11.7. The molecule has 0 saturated heterocycles. The highest BCUT2D eigenvalue weighted by molar-refractivity contribution is 6.32. The van der Waals surface area contributed by atoms with Gasteiger partial charge in [0.05, 0.1) is 11.6 Å². The molecule has 0 atom stereocenters. The molecule has 29 heavy (non-hydrogen) atoms. The Morgan fingerprint density at radius 1 is 0.862 bits per heavy atom. The van der Waals surface area contributed by atoms with E-state index in [1.807, 2.05) is 68.4 Å². The lowest BCUT2D eigenvalue weighted by Crippen LogP contribution is -2.04. The molecule has 0 aliphatic carbocycles. The molecule has 0 radical (unpaired) electrons. The Labute approximate surface area is 186 Å². The van der Waals surface area contributed by atoms with Gasteiger partial charge in [-0.1, -0.05) is 53.0 Å². The molecule has 6 heteroatoms. The van der Waals surface area contributed by atoms with Crippen molar-refractivity contribution in [3.8, 4) is 11.5 Å². The predicted molar refractivity (Wildman–Crippen MR) is 122 cm³/mol. The number of anilines is 1. The van der Waals surface area contributed by atoms with Gasteiger partial charge in [-0.2, -0.15) is 0 Å². The Bertz CT molecular complexity index is 992. The van der Waals surface area contributed by atoms with E-state index in [0.717, 1.165) is 27.4 Å². The van der Waals surface area contributed by atoms with Crippen molar-refractivity contribution < 1.29 is 9.47 Å². The first kappa shape index (κ1) is 21.6. The van der Waals surface area contributed by atoms with Crippen LogP contribution in [0.25, 0.3) is 0 Å². The second-order valence-electron chi connectivity index (χ2n) is 6.57. The Balaban J connectivity index is 1.75. The van der Waals surface area contributed by atoms with Crippen LogP contribution in [0.1, 0.15) is 23.6 Å². The molecule has 3 rings (SSSR count). The first-order chi connectivity index (χ1) is 14.0. The average molecular weight is 451 g/mol. The minimum Gasteiger partial charge on any atom is -0.490 e. The molecule has 0 amide bonds. The highest BCUT2D eigenvalue weighted by atomic mass is 35.5. The molecule has 0 fully saturated rings. The summed E-state index contributed by atoms with van der Waals surface area (Å²) in [5.74, 6) is 1.14. The minimum absolute atomic E-state index is 0.347. The van der Waals surface area contributed by atoms with E-state index in [-0.39, 0.29) is 0 Å². The first-order valence-corrected chi connectivity index (χ1v) is 10.4. The van der Waals surface area contributed by atoms with E-state index in [1.165, 1.54) is 0 Å². The lowest BCUT2D eigenvalue weighted by atomic mass is 10.1. The van der Waals surface area contributed by atoms with Gasteiger partial charge in [0.1, 0.15) is 6.61 Å². The molecule has 3 aromatic rings. The molecule has 0 unspecified atom stereocenters. The highest BCUT2D eigenvalue weighted by Crippen LogP contribution is 2.37. The van der Waals surface area contributed by atoms with Crippen molar-refractivity contribution in [1.29, 1.82) is 0 Å². The second-order valence-corrected chi connectivity index (χ2v) is 7.82. The van der Waals surface area contributed by atoms with Gasteiger partial charge in [-0.15, -0.1) is 0 Å². The van der Waals surface area contributed by atoms with Gasteiger partial charge < -0.3 is 14.8 Å². The van der Waals surface area contributed by atoms with E-state index in [4.69, 9.17) is 44.3 Å². The first-order valence-electron chi connectivity index (χ1n) is 9.28. The van der Waals surface area contributed by atoms with Crippen LogP contribution in [-0.4, -0.2) is 6.61 Å². The molecule has 0 saturated carbocycles. The molecule has 152 valence electrons. The standard InChI is InChI=1S/C23H22Cl3NO2/c1-3-28-22-11-17(13-27-19-8-7-15(2)20(25)12-19)10-21(26)23(22)29-14-16-5-4-6-18(24)9-16/h4-12,27H,3,13-14H2,1-2H3. The molecule has 0 aliphatic heterocycles. The zero-order valence-electron chi connectivity index (χ0n) is 16.3. The SMILES string of the molecule is CCOc1cc(CNc2ccc(C)c(Cl)c2)cc(Cl)c1OCc1cccc(Cl)c1. The Hall–Kier alpha value is -2.07. The van der Waals surface area contributed by atoms with Gasteiger partial charge >= 0.3 is 0 Å². The van der Waals surface area contributed by atoms with Crippen LogP contribution in [0.2, 0.25) is 15.1 Å². The Morgan fingerprint density at radius 2 is 1.69 bits per heavy atom. The molecule has 0 bridgehead atoms. The summed E-state index contributed by atoms with van der Waals surface area (Å²) in [6.07, 6.45) is 0. The maximum Gasteiger partial charge on any atom is 0.180 e. The maximum absolute atomic E-state index is 6.52. The fourth-order valence-corrected chi connectivity index (χ4v) is 3.50. The van der Waals surface area contributed by atoms with Crippen molar-refractivity contribution >= 4 is 40.5 Å². The lowest BCUT2D eigenvalue weighted by Gasteiger charge is -2.16. The van der Waals surface area contributed by atoms with E-state index in [2.05, 4.69) is 5.32 Å². The Morgan fingerprint density at radius 3 is 2.41 bits per heavy atom. The van der Waals surface area contributed by atoms with Crippen LogP contribution < -0.4 is 14.8 Å². The number of rotatable bonds is 8. The molecule has 0 aromatic heterocycles. The third-order valence-electron chi connectivity index (χ3n) is 4.31. The maximum atomic E-state index is 6.52. The van der Waals surface area contributed by atoms with E-state index in [1.54, 1.807) is 0 Å². The monoisotopic (exact) mass is 449 g/mol. The zero-order valence-corrected chi connectivity index (χ0v) is 18.5. The molecule has 0 spiro atoms. The van der Waals surface area contributed by atoms with E-state index in [9.17, 15) is 0 Å². The van der Waals surface area contributed by atoms with Gasteiger partial charge in [0.15, 0.2) is 11.5 Å². The fraction of sp³-hybridized carbons (Fsp3) is 0.217. The van der Waals surface area contributed by atoms with Crippen LogP contribution in [0.5, 0.6) is 11.5 Å². The minimum atomic E-state index is 0.347. The quantitative estimate of drug-likeness (QED) is 0.384. The predicted octanol–water partition coefficient (Wildman–Crippen LogP) is 7.55. The normalized spacial score (nSPS) is 10.7. The smallest absolute Gasteiger partial charge is 0.180 e. The summed E-state index contributed by atoms with van der Waals surface area (Å²) >= 11 is 18.8. The summed E-state index contributed by atoms with van der Waals surface area (Å²) in [7, 11) is 0.